The molecule has 0 amide bonds. The number of nitro groups is 1. The van der Waals surface area contributed by atoms with Gasteiger partial charge in [0.1, 0.15) is 11.7 Å². The molecule has 0 saturated heterocycles. The van der Waals surface area contributed by atoms with Crippen LogP contribution in [0.25, 0.3) is 16.5 Å². The highest BCUT2D eigenvalue weighted by Gasteiger charge is 2.46. The minimum Gasteiger partial charge on any atom is -0.427 e. The molecule has 0 unspecified atom stereocenters. The van der Waals surface area contributed by atoms with Gasteiger partial charge in [0.25, 0.3) is 0 Å². The van der Waals surface area contributed by atoms with E-state index in [0.29, 0.717) is 11.1 Å². The summed E-state index contributed by atoms with van der Waals surface area (Å²) in [5.41, 5.74) is 1.65. The average molecular weight is 342 g/mol. The van der Waals surface area contributed by atoms with Crippen LogP contribution in [0.5, 0.6) is 0 Å². The van der Waals surface area contributed by atoms with Gasteiger partial charge in [0.05, 0.1) is 16.6 Å². The van der Waals surface area contributed by atoms with Crippen molar-refractivity contribution >= 4 is 16.5 Å². The van der Waals surface area contributed by atoms with E-state index in [4.69, 9.17) is 4.74 Å². The maximum Gasteiger partial charge on any atom is 0.365 e. The summed E-state index contributed by atoms with van der Waals surface area (Å²) in [4.78, 5) is 11.2. The quantitative estimate of drug-likeness (QED) is 0.519. The zero-order valence-corrected chi connectivity index (χ0v) is 13.7. The van der Waals surface area contributed by atoms with Crippen molar-refractivity contribution < 1.29 is 9.66 Å². The molecule has 4 rings (SSSR count). The van der Waals surface area contributed by atoms with Gasteiger partial charge >= 0.3 is 6.23 Å². The monoisotopic (exact) mass is 342 g/mol. The van der Waals surface area contributed by atoms with Crippen LogP contribution in [-0.2, 0) is 4.74 Å². The van der Waals surface area contributed by atoms with Gasteiger partial charge in [-0.2, -0.15) is 5.26 Å². The molecular formula is C21H14N2O3. The van der Waals surface area contributed by atoms with Crippen LogP contribution in [0.2, 0.25) is 0 Å². The molecule has 0 radical (unpaired) electrons. The van der Waals surface area contributed by atoms with E-state index in [0.717, 1.165) is 10.8 Å². The second-order valence-electron chi connectivity index (χ2n) is 6.10. The van der Waals surface area contributed by atoms with E-state index in [2.05, 4.69) is 6.07 Å². The van der Waals surface area contributed by atoms with Crippen LogP contribution in [0.3, 0.4) is 0 Å². The Bertz CT molecular complexity index is 1070. The molecule has 26 heavy (non-hydrogen) atoms. The summed E-state index contributed by atoms with van der Waals surface area (Å²) in [7, 11) is 0. The summed E-state index contributed by atoms with van der Waals surface area (Å²) >= 11 is 0. The van der Waals surface area contributed by atoms with Crippen LogP contribution >= 0.6 is 0 Å². The summed E-state index contributed by atoms with van der Waals surface area (Å²) in [6.45, 7) is 0. The average Bonchev–Trinajstić information content (AvgIpc) is 3.08. The number of hydrogen-bond acceptors (Lipinski definition) is 4. The first kappa shape index (κ1) is 15.9. The van der Waals surface area contributed by atoms with Crippen LogP contribution in [0.15, 0.2) is 78.4 Å². The molecule has 2 atom stereocenters. The van der Waals surface area contributed by atoms with E-state index >= 15 is 0 Å². The van der Waals surface area contributed by atoms with Crippen molar-refractivity contribution in [3.05, 3.63) is 99.6 Å². The first-order chi connectivity index (χ1) is 12.7. The predicted molar refractivity (Wildman–Crippen MR) is 97.5 cm³/mol. The molecule has 0 aliphatic carbocycles. The second kappa shape index (κ2) is 6.34. The number of ether oxygens (including phenoxy) is 1. The van der Waals surface area contributed by atoms with Gasteiger partial charge < -0.3 is 4.74 Å². The Labute approximate surface area is 149 Å². The highest BCUT2D eigenvalue weighted by Crippen LogP contribution is 2.43. The molecular weight excluding hydrogens is 328 g/mol. The van der Waals surface area contributed by atoms with Gasteiger partial charge in [-0.25, -0.2) is 0 Å². The van der Waals surface area contributed by atoms with Gasteiger partial charge in [-0.05, 0) is 16.3 Å². The smallest absolute Gasteiger partial charge is 0.365 e. The molecule has 1 aliphatic rings. The number of benzene rings is 3. The highest BCUT2D eigenvalue weighted by molar-refractivity contribution is 5.83. The Balaban J connectivity index is 1.88. The molecule has 126 valence electrons. The van der Waals surface area contributed by atoms with Crippen LogP contribution in [0, 0.1) is 21.4 Å². The van der Waals surface area contributed by atoms with Gasteiger partial charge in [-0.15, -0.1) is 0 Å². The number of rotatable bonds is 3. The molecule has 3 aromatic carbocycles. The molecule has 0 saturated carbocycles. The summed E-state index contributed by atoms with van der Waals surface area (Å²) < 4.78 is 5.65. The van der Waals surface area contributed by atoms with Crippen molar-refractivity contribution in [1.29, 1.82) is 5.26 Å². The minimum atomic E-state index is -1.32. The molecule has 1 aliphatic heterocycles. The van der Waals surface area contributed by atoms with Crippen LogP contribution in [0.1, 0.15) is 17.0 Å². The van der Waals surface area contributed by atoms with E-state index in [1.165, 1.54) is 0 Å². The minimum absolute atomic E-state index is 0.285. The number of nitrogens with zero attached hydrogens (tertiary/aromatic N) is 2. The van der Waals surface area contributed by atoms with Crippen molar-refractivity contribution in [2.75, 3.05) is 0 Å². The molecule has 0 fully saturated rings. The van der Waals surface area contributed by atoms with Crippen molar-refractivity contribution in [2.45, 2.75) is 12.1 Å². The lowest BCUT2D eigenvalue weighted by Crippen LogP contribution is -2.26. The van der Waals surface area contributed by atoms with Gasteiger partial charge in [-0.3, -0.25) is 10.1 Å². The Hall–Kier alpha value is -3.65. The van der Waals surface area contributed by atoms with Crippen LogP contribution < -0.4 is 0 Å². The fourth-order valence-electron chi connectivity index (χ4n) is 3.37. The number of fused-ring (bicyclic) bond motifs is 1. The van der Waals surface area contributed by atoms with E-state index in [1.807, 2.05) is 60.7 Å². The third-order valence-electron chi connectivity index (χ3n) is 4.58. The van der Waals surface area contributed by atoms with Gasteiger partial charge in [-0.1, -0.05) is 72.8 Å². The lowest BCUT2D eigenvalue weighted by atomic mass is 9.89. The van der Waals surface area contributed by atoms with E-state index < -0.39 is 17.1 Å². The van der Waals surface area contributed by atoms with Crippen molar-refractivity contribution in [1.82, 2.24) is 0 Å². The summed E-state index contributed by atoms with van der Waals surface area (Å²) in [6.07, 6.45) is -1.32. The Morgan fingerprint density at radius 1 is 0.962 bits per heavy atom. The van der Waals surface area contributed by atoms with Crippen molar-refractivity contribution in [3.63, 3.8) is 0 Å². The third-order valence-corrected chi connectivity index (χ3v) is 4.58. The van der Waals surface area contributed by atoms with E-state index in [9.17, 15) is 15.4 Å². The standard InChI is InChI=1S/C21H14N2O3/c22-13-18-19(17-11-10-14-6-4-5-9-16(14)12-17)21(23(24)25)26-20(18)15-7-2-1-3-8-15/h1-12,19,21H/t19-,21-/m0/s1. The molecule has 5 nitrogen and oxygen atoms in total. The molecule has 1 heterocycles. The topological polar surface area (TPSA) is 76.2 Å². The predicted octanol–water partition coefficient (Wildman–Crippen LogP) is 4.49. The van der Waals surface area contributed by atoms with E-state index in [-0.39, 0.29) is 11.3 Å². The normalized spacial score (nSPS) is 19.2. The van der Waals surface area contributed by atoms with Crippen LogP contribution in [-0.4, -0.2) is 11.2 Å². The van der Waals surface area contributed by atoms with Gasteiger partial charge in [0, 0.05) is 5.56 Å². The molecule has 3 aromatic rings. The van der Waals surface area contributed by atoms with Gasteiger partial charge in [0.2, 0.25) is 0 Å². The Kier molecular flexibility index (Phi) is 3.86. The Morgan fingerprint density at radius 3 is 2.35 bits per heavy atom. The zero-order chi connectivity index (χ0) is 18.1. The molecule has 0 N–H and O–H groups in total. The number of nitriles is 1. The van der Waals surface area contributed by atoms with Crippen LogP contribution in [0.4, 0.5) is 0 Å². The zero-order valence-electron chi connectivity index (χ0n) is 13.7. The second-order valence-corrected chi connectivity index (χ2v) is 6.10. The molecule has 0 spiro atoms. The summed E-state index contributed by atoms with van der Waals surface area (Å²) in [5.74, 6) is -0.456. The fourth-order valence-corrected chi connectivity index (χ4v) is 3.37. The lowest BCUT2D eigenvalue weighted by Gasteiger charge is -2.13. The molecule has 0 bridgehead atoms. The lowest BCUT2D eigenvalue weighted by molar-refractivity contribution is -0.567. The highest BCUT2D eigenvalue weighted by atomic mass is 16.7. The largest absolute Gasteiger partial charge is 0.427 e. The fraction of sp³-hybridized carbons (Fsp3) is 0.0952. The SMILES string of the molecule is N#CC1=C(c2ccccc2)O[C@H]([N+](=O)[O-])[C@H]1c1ccc2ccccc2c1. The number of hydrogen-bond donors (Lipinski definition) is 0. The molecule has 0 aromatic heterocycles. The summed E-state index contributed by atoms with van der Waals surface area (Å²) in [6, 6.07) is 24.6. The summed E-state index contributed by atoms with van der Waals surface area (Å²) in [5, 5.41) is 23.4. The van der Waals surface area contributed by atoms with E-state index in [1.54, 1.807) is 12.1 Å². The first-order valence-corrected chi connectivity index (χ1v) is 8.17. The Morgan fingerprint density at radius 2 is 1.65 bits per heavy atom. The van der Waals surface area contributed by atoms with Crippen molar-refractivity contribution in [2.24, 2.45) is 0 Å². The van der Waals surface area contributed by atoms with Crippen molar-refractivity contribution in [3.8, 4) is 6.07 Å². The maximum absolute atomic E-state index is 11.6. The third kappa shape index (κ3) is 2.58. The maximum atomic E-state index is 11.6. The molecule has 5 heteroatoms. The first-order valence-electron chi connectivity index (χ1n) is 8.17. The van der Waals surface area contributed by atoms with Gasteiger partial charge in [0.15, 0.2) is 0 Å².